The lowest BCUT2D eigenvalue weighted by Crippen LogP contribution is -2.39. The molecule has 6 aromatic heterocycles. The van der Waals surface area contributed by atoms with E-state index in [4.69, 9.17) is 29.8 Å². The molecule has 0 amide bonds. The first kappa shape index (κ1) is 57.5. The van der Waals surface area contributed by atoms with Gasteiger partial charge < -0.3 is 19.6 Å². The summed E-state index contributed by atoms with van der Waals surface area (Å²) in [5.74, 6) is 1.38. The lowest BCUT2D eigenvalue weighted by atomic mass is 9.91. The van der Waals surface area contributed by atoms with Gasteiger partial charge in [0, 0.05) is 88.1 Å². The first-order valence-corrected chi connectivity index (χ1v) is 31.6. The van der Waals surface area contributed by atoms with E-state index in [9.17, 15) is 30.4 Å². The van der Waals surface area contributed by atoms with Crippen LogP contribution < -0.4 is 9.80 Å². The van der Waals surface area contributed by atoms with Gasteiger partial charge in [0.2, 0.25) is 20.0 Å². The Kier molecular flexibility index (Phi) is 18.2. The number of aryl methyl sites for hydroxylation is 2. The number of imidazole rings is 2. The summed E-state index contributed by atoms with van der Waals surface area (Å²) in [5.41, 5.74) is 9.23. The van der Waals surface area contributed by atoms with Gasteiger partial charge in [-0.3, -0.25) is 13.6 Å². The Bertz CT molecular complexity index is 3610. The molecule has 0 radical (unpaired) electrons. The topological polar surface area (TPSA) is 188 Å². The number of carbonyl (C=O) groups excluding carboxylic acids is 1. The van der Waals surface area contributed by atoms with Crippen molar-refractivity contribution in [3.63, 3.8) is 0 Å². The standard InChI is InChI=1S/C29H34FN5O4S2.C27H32FN5O3S2/c1-4-25-28(33(3)29-32-26(19-40-29)22-6-9-24(30)10-7-22)35-18-23(8-11-27(35)31-25)21-12-14-34(15-13-21)41(37,38)17-5-16-39-20(2)36;1-3-23-26(31(2)27-30-24(18-37-27)20-5-8-22(28)9-6-20)33-17-21(7-10-25(33)29-23)19-11-13-32(14-12-19)38(35,36)16-4-15-34/h6-11,18-19,21H,4-5,12-17H2,1-3H3;5-10,17-19,34H,3-4,11-16H2,1-2H3. The molecule has 2 saturated heterocycles. The van der Waals surface area contributed by atoms with Crippen LogP contribution in [0, 0.1) is 11.6 Å². The van der Waals surface area contributed by atoms with E-state index in [1.165, 1.54) is 53.9 Å². The molecule has 420 valence electrons. The minimum Gasteiger partial charge on any atom is -0.466 e. The zero-order valence-electron chi connectivity index (χ0n) is 45.0. The number of benzene rings is 2. The molecule has 1 N–H and O–H groups in total. The molecule has 0 spiro atoms. The first-order valence-electron chi connectivity index (χ1n) is 26.6. The SMILES string of the molecule is CCc1nc2ccc(C3CCN(S(=O)(=O)CCCO)CC3)cn2c1N(C)c1nc(-c2ccc(F)cc2)cs1.CCc1nc2ccc(C3CCN(S(=O)(=O)CCCOC(C)=O)CC3)cn2c1N(C)c1nc(-c2ccc(F)cc2)cs1. The zero-order chi connectivity index (χ0) is 56.0. The van der Waals surface area contributed by atoms with Gasteiger partial charge in [-0.25, -0.2) is 54.2 Å². The number of esters is 1. The molecule has 0 atom stereocenters. The van der Waals surface area contributed by atoms with Crippen molar-refractivity contribution in [2.75, 3.05) is 74.8 Å². The maximum Gasteiger partial charge on any atom is 0.302 e. The first-order chi connectivity index (χ1) is 38.0. The Labute approximate surface area is 468 Å². The van der Waals surface area contributed by atoms with Crippen LogP contribution in [0.1, 0.15) is 93.6 Å². The number of ether oxygens (including phenoxy) is 1. The molecule has 0 saturated carbocycles. The van der Waals surface area contributed by atoms with Gasteiger partial charge in [0.25, 0.3) is 0 Å². The Morgan fingerprint density at radius 3 is 1.42 bits per heavy atom. The quantitative estimate of drug-likeness (QED) is 0.0596. The predicted molar refractivity (Wildman–Crippen MR) is 308 cm³/mol. The van der Waals surface area contributed by atoms with Gasteiger partial charge in [0.15, 0.2) is 10.3 Å². The number of nitrogens with zero attached hydrogens (tertiary/aromatic N) is 10. The van der Waals surface area contributed by atoms with Crippen molar-refractivity contribution in [1.29, 1.82) is 0 Å². The van der Waals surface area contributed by atoms with Gasteiger partial charge in [-0.15, -0.1) is 22.7 Å². The average Bonchev–Trinajstić information content (AvgIpc) is 4.51. The molecule has 2 aromatic carbocycles. The lowest BCUT2D eigenvalue weighted by Gasteiger charge is -2.31. The number of aliphatic hydroxyl groups excluding tert-OH is 1. The Morgan fingerprint density at radius 1 is 0.633 bits per heavy atom. The van der Waals surface area contributed by atoms with E-state index < -0.39 is 26.0 Å². The lowest BCUT2D eigenvalue weighted by molar-refractivity contribution is -0.140. The number of thiazole rings is 2. The fourth-order valence-corrected chi connectivity index (χ4v) is 14.9. The largest absolute Gasteiger partial charge is 0.466 e. The molecule has 0 unspecified atom stereocenters. The molecule has 0 bridgehead atoms. The van der Waals surface area contributed by atoms with E-state index in [1.807, 2.05) is 41.9 Å². The summed E-state index contributed by atoms with van der Waals surface area (Å²) < 4.78 is 89.6. The maximum absolute atomic E-state index is 13.4. The van der Waals surface area contributed by atoms with E-state index >= 15 is 0 Å². The predicted octanol–water partition coefficient (Wildman–Crippen LogP) is 10.2. The van der Waals surface area contributed by atoms with Crippen LogP contribution in [0.15, 0.2) is 96.0 Å². The highest BCUT2D eigenvalue weighted by Gasteiger charge is 2.31. The van der Waals surface area contributed by atoms with Crippen LogP contribution in [0.5, 0.6) is 0 Å². The van der Waals surface area contributed by atoms with Crippen LogP contribution in [-0.4, -0.2) is 130 Å². The fraction of sp³-hybridized carbons (Fsp3) is 0.411. The van der Waals surface area contributed by atoms with Gasteiger partial charge in [-0.05, 0) is 135 Å². The van der Waals surface area contributed by atoms with Crippen LogP contribution in [0.25, 0.3) is 33.8 Å². The highest BCUT2D eigenvalue weighted by atomic mass is 32.2. The molecular formula is C56H66F2N10O7S4. The Balaban J connectivity index is 0.000000192. The molecule has 0 aliphatic carbocycles. The minimum atomic E-state index is -3.39. The summed E-state index contributed by atoms with van der Waals surface area (Å²) in [5, 5.41) is 14.6. The highest BCUT2D eigenvalue weighted by Crippen LogP contribution is 2.38. The summed E-state index contributed by atoms with van der Waals surface area (Å²) in [6, 6.07) is 20.9. The minimum absolute atomic E-state index is 0.00964. The summed E-state index contributed by atoms with van der Waals surface area (Å²) in [4.78, 5) is 34.4. The molecular weight excluding hydrogens is 1090 g/mol. The van der Waals surface area contributed by atoms with Gasteiger partial charge in [0.05, 0.1) is 40.9 Å². The van der Waals surface area contributed by atoms with E-state index in [0.29, 0.717) is 32.6 Å². The van der Waals surface area contributed by atoms with E-state index in [2.05, 4.69) is 52.1 Å². The summed E-state index contributed by atoms with van der Waals surface area (Å²) >= 11 is 3.04. The number of piperidine rings is 2. The van der Waals surface area contributed by atoms with Crippen LogP contribution in [0.2, 0.25) is 0 Å². The third-order valence-corrected chi connectivity index (χ3v) is 20.3. The molecule has 8 aromatic rings. The van der Waals surface area contributed by atoms with Crippen LogP contribution >= 0.6 is 22.7 Å². The van der Waals surface area contributed by atoms with Crippen molar-refractivity contribution in [3.8, 4) is 22.5 Å². The maximum atomic E-state index is 13.4. The normalized spacial score (nSPS) is 15.1. The monoisotopic (exact) mass is 1160 g/mol. The molecule has 8 heterocycles. The van der Waals surface area contributed by atoms with Crippen molar-refractivity contribution in [3.05, 3.63) is 130 Å². The number of sulfonamides is 2. The van der Waals surface area contributed by atoms with E-state index in [0.717, 1.165) is 117 Å². The Morgan fingerprint density at radius 2 is 1.04 bits per heavy atom. The van der Waals surface area contributed by atoms with Gasteiger partial charge in [0.1, 0.15) is 34.6 Å². The van der Waals surface area contributed by atoms with Crippen molar-refractivity contribution < 1.29 is 40.3 Å². The second kappa shape index (κ2) is 25.1. The zero-order valence-corrected chi connectivity index (χ0v) is 48.2. The number of carbonyl (C=O) groups is 1. The van der Waals surface area contributed by atoms with E-state index in [-0.39, 0.29) is 54.6 Å². The van der Waals surface area contributed by atoms with Gasteiger partial charge in [-0.1, -0.05) is 26.0 Å². The number of rotatable bonds is 19. The molecule has 79 heavy (non-hydrogen) atoms. The van der Waals surface area contributed by atoms with Crippen molar-refractivity contribution in [2.45, 2.75) is 84.0 Å². The van der Waals surface area contributed by atoms with Crippen molar-refractivity contribution in [2.24, 2.45) is 0 Å². The number of halogens is 2. The third-order valence-electron chi connectivity index (χ3n) is 14.6. The van der Waals surface area contributed by atoms with Crippen molar-refractivity contribution >= 4 is 81.9 Å². The molecule has 2 aliphatic rings. The molecule has 23 heteroatoms. The smallest absolute Gasteiger partial charge is 0.302 e. The number of hydrogen-bond acceptors (Lipinski definition) is 15. The number of pyridine rings is 2. The molecule has 2 fully saturated rings. The number of aromatic nitrogens is 6. The number of anilines is 4. The van der Waals surface area contributed by atoms with Gasteiger partial charge in [-0.2, -0.15) is 0 Å². The molecule has 2 aliphatic heterocycles. The van der Waals surface area contributed by atoms with Crippen LogP contribution in [0.4, 0.5) is 30.7 Å². The second-order valence-electron chi connectivity index (χ2n) is 19.8. The summed E-state index contributed by atoms with van der Waals surface area (Å²) in [7, 11) is -2.76. The summed E-state index contributed by atoms with van der Waals surface area (Å²) in [6.07, 6.45) is 9.26. The second-order valence-corrected chi connectivity index (χ2v) is 25.6. The number of aliphatic hydroxyl groups is 1. The molecule has 17 nitrogen and oxygen atoms in total. The average molecular weight is 1160 g/mol. The summed E-state index contributed by atoms with van der Waals surface area (Å²) in [6.45, 7) is 7.36. The molecule has 10 rings (SSSR count). The van der Waals surface area contributed by atoms with Crippen LogP contribution in [0.3, 0.4) is 0 Å². The van der Waals surface area contributed by atoms with E-state index in [1.54, 1.807) is 32.9 Å². The number of fused-ring (bicyclic) bond motifs is 2. The third kappa shape index (κ3) is 13.2. The highest BCUT2D eigenvalue weighted by molar-refractivity contribution is 7.89. The fourth-order valence-electron chi connectivity index (χ4n) is 10.3. The van der Waals surface area contributed by atoms with Gasteiger partial charge >= 0.3 is 5.97 Å². The van der Waals surface area contributed by atoms with Crippen LogP contribution in [-0.2, 0) is 42.4 Å². The van der Waals surface area contributed by atoms with Crippen molar-refractivity contribution in [1.82, 2.24) is 37.3 Å². The Hall–Kier alpha value is -6.21. The number of hydrogen-bond donors (Lipinski definition) is 1.